The van der Waals surface area contributed by atoms with Gasteiger partial charge in [0.15, 0.2) is 5.78 Å². The Morgan fingerprint density at radius 2 is 1.60 bits per heavy atom. The van der Waals surface area contributed by atoms with Crippen LogP contribution in [-0.2, 0) is 0 Å². The Balaban J connectivity index is 2.95. The van der Waals surface area contributed by atoms with Crippen molar-refractivity contribution < 1.29 is 13.6 Å². The van der Waals surface area contributed by atoms with Gasteiger partial charge in [-0.3, -0.25) is 4.79 Å². The van der Waals surface area contributed by atoms with Crippen LogP contribution in [-0.4, -0.2) is 5.78 Å². The summed E-state index contributed by atoms with van der Waals surface area (Å²) in [5.41, 5.74) is -0.0563. The van der Waals surface area contributed by atoms with Gasteiger partial charge in [0.1, 0.15) is 0 Å². The summed E-state index contributed by atoms with van der Waals surface area (Å²) in [7, 11) is 0. The number of carbonyl (C=O) groups excluding carboxylic acids is 1. The molecule has 0 amide bonds. The molecule has 1 rings (SSSR count). The van der Waals surface area contributed by atoms with E-state index in [0.29, 0.717) is 5.56 Å². The molecule has 0 aliphatic heterocycles. The first-order chi connectivity index (χ1) is 6.82. The molecular weight excluding hydrogens is 198 g/mol. The molecule has 0 unspecified atom stereocenters. The molecule has 0 saturated carbocycles. The summed E-state index contributed by atoms with van der Waals surface area (Å²) in [6.07, 6.45) is -2.48. The molecule has 0 heterocycles. The maximum absolute atomic E-state index is 12.2. The predicted octanol–water partition coefficient (Wildman–Crippen LogP) is 3.85. The minimum absolute atomic E-state index is 0.0386. The van der Waals surface area contributed by atoms with Crippen LogP contribution >= 0.6 is 0 Å². The number of hydrogen-bond donors (Lipinski definition) is 0. The van der Waals surface area contributed by atoms with Crippen molar-refractivity contribution in [3.05, 3.63) is 35.4 Å². The van der Waals surface area contributed by atoms with Gasteiger partial charge in [-0.05, 0) is 0 Å². The number of rotatable bonds is 2. The number of benzene rings is 1. The second-order valence-electron chi connectivity index (χ2n) is 4.50. The van der Waals surface area contributed by atoms with Gasteiger partial charge in [0.2, 0.25) is 0 Å². The monoisotopic (exact) mass is 212 g/mol. The Morgan fingerprint density at radius 1 is 1.13 bits per heavy atom. The van der Waals surface area contributed by atoms with E-state index in [2.05, 4.69) is 0 Å². The smallest absolute Gasteiger partial charge is 0.263 e. The van der Waals surface area contributed by atoms with Gasteiger partial charge >= 0.3 is 0 Å². The van der Waals surface area contributed by atoms with E-state index in [9.17, 15) is 13.6 Å². The number of Topliss-reactive ketones (excluding diaryl/α,β-unsaturated/α-hetero) is 1. The van der Waals surface area contributed by atoms with Crippen LogP contribution in [0.25, 0.3) is 0 Å². The average Bonchev–Trinajstić information content (AvgIpc) is 2.15. The number of halogens is 2. The predicted molar refractivity (Wildman–Crippen MR) is 55.2 cm³/mol. The zero-order valence-electron chi connectivity index (χ0n) is 9.05. The van der Waals surface area contributed by atoms with Gasteiger partial charge < -0.3 is 0 Å². The molecule has 82 valence electrons. The first kappa shape index (κ1) is 11.8. The largest absolute Gasteiger partial charge is 0.294 e. The topological polar surface area (TPSA) is 17.1 Å². The Hall–Kier alpha value is -1.25. The average molecular weight is 212 g/mol. The standard InChI is InChI=1S/C12H14F2O/c1-12(2,3)10(15)8-4-6-9(7-5-8)11(13)14/h4-7,11H,1-3H3. The van der Waals surface area contributed by atoms with E-state index < -0.39 is 11.8 Å². The second kappa shape index (κ2) is 4.09. The normalized spacial score (nSPS) is 11.9. The molecule has 0 bridgehead atoms. The lowest BCUT2D eigenvalue weighted by atomic mass is 9.86. The van der Waals surface area contributed by atoms with Crippen LogP contribution in [0.5, 0.6) is 0 Å². The third-order valence-corrected chi connectivity index (χ3v) is 2.11. The molecule has 0 N–H and O–H groups in total. The number of alkyl halides is 2. The number of hydrogen-bond acceptors (Lipinski definition) is 1. The van der Waals surface area contributed by atoms with E-state index in [-0.39, 0.29) is 11.3 Å². The van der Waals surface area contributed by atoms with E-state index in [1.807, 2.05) is 0 Å². The second-order valence-corrected chi connectivity index (χ2v) is 4.50. The molecule has 0 aromatic heterocycles. The highest BCUT2D eigenvalue weighted by Gasteiger charge is 2.22. The Labute approximate surface area is 88.1 Å². The van der Waals surface area contributed by atoms with Crippen LogP contribution in [0.3, 0.4) is 0 Å². The fraction of sp³-hybridized carbons (Fsp3) is 0.417. The van der Waals surface area contributed by atoms with Crippen molar-refractivity contribution in [2.75, 3.05) is 0 Å². The lowest BCUT2D eigenvalue weighted by molar-refractivity contribution is 0.0858. The SMILES string of the molecule is CC(C)(C)C(=O)c1ccc(C(F)F)cc1. The van der Waals surface area contributed by atoms with Crippen LogP contribution in [0.4, 0.5) is 8.78 Å². The molecular formula is C12H14F2O. The Kier molecular flexibility index (Phi) is 3.22. The lowest BCUT2D eigenvalue weighted by Crippen LogP contribution is -2.20. The molecule has 1 aromatic rings. The highest BCUT2D eigenvalue weighted by Crippen LogP contribution is 2.23. The molecule has 0 aliphatic rings. The third kappa shape index (κ3) is 2.85. The molecule has 0 fully saturated rings. The lowest BCUT2D eigenvalue weighted by Gasteiger charge is -2.16. The molecule has 0 atom stereocenters. The van der Waals surface area contributed by atoms with Crippen molar-refractivity contribution in [1.82, 2.24) is 0 Å². The fourth-order valence-corrected chi connectivity index (χ4v) is 1.21. The van der Waals surface area contributed by atoms with E-state index in [0.717, 1.165) is 0 Å². The third-order valence-electron chi connectivity index (χ3n) is 2.11. The van der Waals surface area contributed by atoms with Gasteiger partial charge in [-0.2, -0.15) is 0 Å². The van der Waals surface area contributed by atoms with Crippen molar-refractivity contribution >= 4 is 5.78 Å². The maximum Gasteiger partial charge on any atom is 0.263 e. The fourth-order valence-electron chi connectivity index (χ4n) is 1.21. The summed E-state index contributed by atoms with van der Waals surface area (Å²) in [5, 5.41) is 0. The van der Waals surface area contributed by atoms with Crippen molar-refractivity contribution in [1.29, 1.82) is 0 Å². The summed E-state index contributed by atoms with van der Waals surface area (Å²) in [6, 6.07) is 5.50. The Bertz CT molecular complexity index is 347. The molecule has 0 saturated heterocycles. The molecule has 0 radical (unpaired) electrons. The molecule has 1 nitrogen and oxygen atoms in total. The van der Waals surface area contributed by atoms with Crippen LogP contribution in [0.15, 0.2) is 24.3 Å². The first-order valence-electron chi connectivity index (χ1n) is 4.75. The minimum atomic E-state index is -2.48. The van der Waals surface area contributed by atoms with E-state index in [4.69, 9.17) is 0 Å². The van der Waals surface area contributed by atoms with Crippen LogP contribution in [0, 0.1) is 5.41 Å². The minimum Gasteiger partial charge on any atom is -0.294 e. The number of carbonyl (C=O) groups is 1. The van der Waals surface area contributed by atoms with Gasteiger partial charge in [-0.1, -0.05) is 45.0 Å². The summed E-state index contributed by atoms with van der Waals surface area (Å²) < 4.78 is 24.5. The van der Waals surface area contributed by atoms with E-state index in [1.54, 1.807) is 20.8 Å². The van der Waals surface area contributed by atoms with Crippen LogP contribution in [0.1, 0.15) is 43.1 Å². The van der Waals surface area contributed by atoms with Gasteiger partial charge in [0.05, 0.1) is 0 Å². The quantitative estimate of drug-likeness (QED) is 0.680. The molecule has 15 heavy (non-hydrogen) atoms. The van der Waals surface area contributed by atoms with Gasteiger partial charge in [0, 0.05) is 16.5 Å². The van der Waals surface area contributed by atoms with Crippen molar-refractivity contribution in [2.24, 2.45) is 5.41 Å². The Morgan fingerprint density at radius 3 is 1.93 bits per heavy atom. The highest BCUT2D eigenvalue weighted by molar-refractivity contribution is 5.99. The molecule has 0 spiro atoms. The molecule has 3 heteroatoms. The van der Waals surface area contributed by atoms with Gasteiger partial charge in [0.25, 0.3) is 6.43 Å². The van der Waals surface area contributed by atoms with Gasteiger partial charge in [-0.25, -0.2) is 8.78 Å². The van der Waals surface area contributed by atoms with Crippen LogP contribution < -0.4 is 0 Å². The first-order valence-corrected chi connectivity index (χ1v) is 4.75. The number of ketones is 1. The molecule has 0 aliphatic carbocycles. The molecule has 1 aromatic carbocycles. The van der Waals surface area contributed by atoms with Crippen molar-refractivity contribution in [3.8, 4) is 0 Å². The summed E-state index contributed by atoms with van der Waals surface area (Å²) in [4.78, 5) is 11.8. The zero-order chi connectivity index (χ0) is 11.6. The summed E-state index contributed by atoms with van der Waals surface area (Å²) in [5.74, 6) is -0.0386. The summed E-state index contributed by atoms with van der Waals surface area (Å²) >= 11 is 0. The van der Waals surface area contributed by atoms with Gasteiger partial charge in [-0.15, -0.1) is 0 Å². The highest BCUT2D eigenvalue weighted by atomic mass is 19.3. The van der Waals surface area contributed by atoms with Crippen molar-refractivity contribution in [2.45, 2.75) is 27.2 Å². The zero-order valence-corrected chi connectivity index (χ0v) is 9.05. The van der Waals surface area contributed by atoms with Crippen LogP contribution in [0.2, 0.25) is 0 Å². The summed E-state index contributed by atoms with van der Waals surface area (Å²) in [6.45, 7) is 5.41. The van der Waals surface area contributed by atoms with E-state index >= 15 is 0 Å². The maximum atomic E-state index is 12.2. The van der Waals surface area contributed by atoms with Crippen molar-refractivity contribution in [3.63, 3.8) is 0 Å². The van der Waals surface area contributed by atoms with E-state index in [1.165, 1.54) is 24.3 Å².